The van der Waals surface area contributed by atoms with Crippen molar-refractivity contribution in [2.75, 3.05) is 0 Å². The third-order valence-electron chi connectivity index (χ3n) is 10.7. The maximum Gasteiger partial charge on any atom is 0.416 e. The number of aryl methyl sites for hydroxylation is 2. The molecule has 0 spiro atoms. The van der Waals surface area contributed by atoms with E-state index in [0.717, 1.165) is 51.4 Å². The third kappa shape index (κ3) is 7.67. The highest BCUT2D eigenvalue weighted by molar-refractivity contribution is 6.34. The van der Waals surface area contributed by atoms with Crippen LogP contribution >= 0.6 is 0 Å². The molecular weight excluding hydrogens is 771 g/mol. The highest BCUT2D eigenvalue weighted by Gasteiger charge is 2.33. The fraction of sp³-hybridized carbons (Fsp3) is 0.192. The predicted molar refractivity (Wildman–Crippen MR) is 232 cm³/mol. The summed E-state index contributed by atoms with van der Waals surface area (Å²) in [6.07, 6.45) is -9.60. The first-order chi connectivity index (χ1) is 28.5. The molecule has 0 atom stereocenters. The van der Waals surface area contributed by atoms with Crippen molar-refractivity contribution in [1.29, 1.82) is 0 Å². The lowest BCUT2D eigenvalue weighted by Crippen LogP contribution is -2.06. The Hall–Kier alpha value is -6.28. The van der Waals surface area contributed by atoms with Crippen LogP contribution in [0.1, 0.15) is 49.9 Å². The molecule has 0 amide bonds. The van der Waals surface area contributed by atoms with E-state index in [9.17, 15) is 26.3 Å². The van der Waals surface area contributed by atoms with Crippen molar-refractivity contribution in [2.45, 2.75) is 66.1 Å². The van der Waals surface area contributed by atoms with Gasteiger partial charge in [0.15, 0.2) is 0 Å². The van der Waals surface area contributed by atoms with Crippen LogP contribution in [-0.4, -0.2) is 12.2 Å². The van der Waals surface area contributed by atoms with Crippen molar-refractivity contribution in [2.24, 2.45) is 0 Å². The van der Waals surface area contributed by atoms with Gasteiger partial charge >= 0.3 is 12.4 Å². The summed E-state index contributed by atoms with van der Waals surface area (Å²) in [4.78, 5) is 0. The number of fused-ring (bicyclic) bond motifs is 3. The van der Waals surface area contributed by atoms with Crippen LogP contribution in [0.25, 0.3) is 76.8 Å². The third-order valence-corrected chi connectivity index (χ3v) is 10.7. The maximum atomic E-state index is 14.6. The van der Waals surface area contributed by atoms with Crippen LogP contribution in [0.2, 0.25) is 0 Å². The van der Waals surface area contributed by atoms with Gasteiger partial charge < -0.3 is 9.47 Å². The zero-order valence-electron chi connectivity index (χ0n) is 33.9. The maximum absolute atomic E-state index is 14.6. The number of hydrogen-bond donors (Lipinski definition) is 0. The Labute approximate surface area is 345 Å². The summed E-state index contributed by atoms with van der Waals surface area (Å²) >= 11 is 0. The SMILES string of the molecule is Cc1ccc(-c2c3ccc(C)cc3c(-c3cccc(C(F)(F)F)c3)c3c(-c4ccc(OC(C)C)cc4)c4ccc(OC(C)C)cc4c(-c4cccc(C(F)(F)F)c4)c23)cc1. The van der Waals surface area contributed by atoms with E-state index >= 15 is 0 Å². The van der Waals surface area contributed by atoms with E-state index in [1.54, 1.807) is 12.1 Å². The Morgan fingerprint density at radius 1 is 0.383 bits per heavy atom. The summed E-state index contributed by atoms with van der Waals surface area (Å²) in [6.45, 7) is 11.6. The summed E-state index contributed by atoms with van der Waals surface area (Å²) in [6, 6.07) is 37.6. The molecule has 8 aromatic carbocycles. The zero-order valence-corrected chi connectivity index (χ0v) is 33.9. The molecule has 8 aromatic rings. The number of benzene rings is 8. The summed E-state index contributed by atoms with van der Waals surface area (Å²) in [7, 11) is 0. The lowest BCUT2D eigenvalue weighted by atomic mass is 9.77. The topological polar surface area (TPSA) is 18.5 Å². The molecule has 0 radical (unpaired) electrons. The van der Waals surface area contributed by atoms with Gasteiger partial charge in [-0.3, -0.25) is 0 Å². The summed E-state index contributed by atoms with van der Waals surface area (Å²) in [5, 5.41) is 3.92. The van der Waals surface area contributed by atoms with Crippen molar-refractivity contribution in [1.82, 2.24) is 0 Å². The molecule has 0 aliphatic rings. The van der Waals surface area contributed by atoms with E-state index in [1.165, 1.54) is 18.2 Å². The fourth-order valence-electron chi connectivity index (χ4n) is 8.26. The molecule has 0 saturated carbocycles. The molecule has 8 rings (SSSR count). The van der Waals surface area contributed by atoms with E-state index in [-0.39, 0.29) is 12.2 Å². The van der Waals surface area contributed by atoms with Gasteiger partial charge in [-0.25, -0.2) is 0 Å². The van der Waals surface area contributed by atoms with Crippen LogP contribution in [0.4, 0.5) is 26.3 Å². The second-order valence-electron chi connectivity index (χ2n) is 15.9. The number of ether oxygens (including phenoxy) is 2. The lowest BCUT2D eigenvalue weighted by Gasteiger charge is -2.26. The molecule has 0 aliphatic heterocycles. The molecule has 0 saturated heterocycles. The largest absolute Gasteiger partial charge is 0.491 e. The van der Waals surface area contributed by atoms with Gasteiger partial charge in [0.2, 0.25) is 0 Å². The standard InChI is InChI=1S/C52H42F6O2/c1-29(2)59-39-20-18-34(19-21-39)46-42-24-22-40(60-30(3)4)28-44(42)48(36-10-8-12-38(27-36)52(56,57)58)50-45(33-16-13-31(5)14-17-33)41-23-15-32(6)25-43(41)47(49(46)50)35-9-7-11-37(26-35)51(53,54)55/h7-30H,1-6H3. The molecule has 0 bridgehead atoms. The minimum atomic E-state index is -4.65. The molecule has 0 aliphatic carbocycles. The first kappa shape index (κ1) is 40.5. The van der Waals surface area contributed by atoms with Crippen molar-refractivity contribution in [3.8, 4) is 56.0 Å². The zero-order chi connectivity index (χ0) is 42.7. The van der Waals surface area contributed by atoms with Gasteiger partial charge in [-0.05, 0) is 167 Å². The smallest absolute Gasteiger partial charge is 0.416 e. The van der Waals surface area contributed by atoms with Crippen molar-refractivity contribution >= 4 is 32.3 Å². The van der Waals surface area contributed by atoms with E-state index in [2.05, 4.69) is 0 Å². The summed E-state index contributed by atoms with van der Waals surface area (Å²) < 4.78 is 100. The first-order valence-electron chi connectivity index (χ1n) is 19.8. The van der Waals surface area contributed by atoms with Gasteiger partial charge in [-0.2, -0.15) is 26.3 Å². The van der Waals surface area contributed by atoms with Crippen LogP contribution in [0.15, 0.2) is 133 Å². The highest BCUT2D eigenvalue weighted by Crippen LogP contribution is 2.55. The molecule has 8 heteroatoms. The van der Waals surface area contributed by atoms with Crippen LogP contribution in [-0.2, 0) is 12.4 Å². The molecule has 304 valence electrons. The van der Waals surface area contributed by atoms with Crippen molar-refractivity contribution in [3.05, 3.63) is 156 Å². The van der Waals surface area contributed by atoms with Gasteiger partial charge in [0.25, 0.3) is 0 Å². The minimum absolute atomic E-state index is 0.0946. The normalized spacial score (nSPS) is 12.3. The number of alkyl halides is 6. The van der Waals surface area contributed by atoms with E-state index < -0.39 is 23.5 Å². The number of hydrogen-bond acceptors (Lipinski definition) is 2. The average Bonchev–Trinajstić information content (AvgIpc) is 3.19. The first-order valence-corrected chi connectivity index (χ1v) is 19.8. The lowest BCUT2D eigenvalue weighted by molar-refractivity contribution is -0.138. The monoisotopic (exact) mass is 812 g/mol. The molecule has 0 unspecified atom stereocenters. The Balaban J connectivity index is 1.72. The minimum Gasteiger partial charge on any atom is -0.491 e. The Bertz CT molecular complexity index is 2900. The fourth-order valence-corrected chi connectivity index (χ4v) is 8.26. The summed E-state index contributed by atoms with van der Waals surface area (Å²) in [5.41, 5.74) is 4.86. The molecule has 2 nitrogen and oxygen atoms in total. The Morgan fingerprint density at radius 2 is 0.783 bits per heavy atom. The van der Waals surface area contributed by atoms with Gasteiger partial charge in [0.1, 0.15) is 11.5 Å². The van der Waals surface area contributed by atoms with Crippen LogP contribution < -0.4 is 9.47 Å². The van der Waals surface area contributed by atoms with Crippen LogP contribution in [0.5, 0.6) is 11.5 Å². The second kappa shape index (κ2) is 15.4. The predicted octanol–water partition coefficient (Wildman–Crippen LogP) is 16.0. The van der Waals surface area contributed by atoms with Crippen molar-refractivity contribution in [3.63, 3.8) is 0 Å². The average molecular weight is 813 g/mol. The van der Waals surface area contributed by atoms with Crippen LogP contribution in [0.3, 0.4) is 0 Å². The number of halogens is 6. The molecule has 60 heavy (non-hydrogen) atoms. The molecule has 0 aromatic heterocycles. The molecule has 0 fully saturated rings. The van der Waals surface area contributed by atoms with E-state index in [4.69, 9.17) is 9.47 Å². The van der Waals surface area contributed by atoms with Gasteiger partial charge in [-0.1, -0.05) is 96.1 Å². The Morgan fingerprint density at radius 3 is 1.27 bits per heavy atom. The van der Waals surface area contributed by atoms with Gasteiger partial charge in [-0.15, -0.1) is 0 Å². The van der Waals surface area contributed by atoms with E-state index in [1.807, 2.05) is 126 Å². The second-order valence-corrected chi connectivity index (χ2v) is 15.9. The molecule has 0 heterocycles. The molecular formula is C52H42F6O2. The van der Waals surface area contributed by atoms with Gasteiger partial charge in [0.05, 0.1) is 23.3 Å². The van der Waals surface area contributed by atoms with E-state index in [0.29, 0.717) is 66.2 Å². The van der Waals surface area contributed by atoms with Crippen molar-refractivity contribution < 1.29 is 35.8 Å². The number of rotatable bonds is 8. The molecule has 0 N–H and O–H groups in total. The summed E-state index contributed by atoms with van der Waals surface area (Å²) in [5.74, 6) is 1.15. The van der Waals surface area contributed by atoms with Crippen LogP contribution in [0, 0.1) is 13.8 Å². The Kier molecular flexibility index (Phi) is 10.4. The highest BCUT2D eigenvalue weighted by atomic mass is 19.4. The quantitative estimate of drug-likeness (QED) is 0.112. The van der Waals surface area contributed by atoms with Gasteiger partial charge in [0, 0.05) is 0 Å².